The van der Waals surface area contributed by atoms with E-state index in [2.05, 4.69) is 29.8 Å². The van der Waals surface area contributed by atoms with Gasteiger partial charge in [0, 0.05) is 26.5 Å². The Bertz CT molecular complexity index is 551. The molecule has 0 aliphatic heterocycles. The quantitative estimate of drug-likeness (QED) is 0.693. The van der Waals surface area contributed by atoms with Crippen molar-refractivity contribution in [1.29, 1.82) is 0 Å². The normalized spacial score (nSPS) is 11.8. The van der Waals surface area contributed by atoms with Crippen molar-refractivity contribution >= 4 is 38.3 Å². The molecule has 0 fully saturated rings. The Labute approximate surface area is 121 Å². The lowest BCUT2D eigenvalue weighted by molar-refractivity contribution is 0.205. The fraction of sp³-hybridized carbons (Fsp3) is 0.333. The summed E-state index contributed by atoms with van der Waals surface area (Å²) >= 11 is 9.69. The molecule has 0 aliphatic carbocycles. The first-order valence-electron chi connectivity index (χ1n) is 5.89. The van der Waals surface area contributed by atoms with Gasteiger partial charge in [-0.2, -0.15) is 0 Å². The van der Waals surface area contributed by atoms with E-state index in [4.69, 9.17) is 16.3 Å². The van der Waals surface area contributed by atoms with Crippen LogP contribution in [0.5, 0.6) is 5.75 Å². The van der Waals surface area contributed by atoms with Crippen LogP contribution in [0.3, 0.4) is 0 Å². The van der Waals surface area contributed by atoms with Gasteiger partial charge >= 0.3 is 0 Å². The van der Waals surface area contributed by atoms with E-state index in [1.165, 1.54) is 0 Å². The summed E-state index contributed by atoms with van der Waals surface area (Å²) in [5.74, 6) is 0.893. The van der Waals surface area contributed by atoms with Crippen molar-refractivity contribution in [2.75, 3.05) is 11.9 Å². The molecule has 0 bridgehead atoms. The van der Waals surface area contributed by atoms with Crippen molar-refractivity contribution in [2.45, 2.75) is 13.8 Å². The summed E-state index contributed by atoms with van der Waals surface area (Å²) in [6.07, 6.45) is 0. The monoisotopic (exact) mass is 326 g/mol. The van der Waals surface area contributed by atoms with Gasteiger partial charge in [0.15, 0.2) is 0 Å². The third-order valence-electron chi connectivity index (χ3n) is 2.81. The third-order valence-corrected chi connectivity index (χ3v) is 4.66. The lowest BCUT2D eigenvalue weighted by Gasteiger charge is -2.22. The number of fused-ring (bicyclic) bond motifs is 1. The predicted molar refractivity (Wildman–Crippen MR) is 82.0 cm³/mol. The molecule has 0 unspecified atom stereocenters. The Morgan fingerprint density at radius 2 is 1.78 bits per heavy atom. The minimum Gasteiger partial charge on any atom is -0.492 e. The fourth-order valence-electron chi connectivity index (χ4n) is 1.67. The molecule has 0 atom stereocenters. The van der Waals surface area contributed by atoms with Gasteiger partial charge in [-0.05, 0) is 12.1 Å². The molecule has 3 heteroatoms. The van der Waals surface area contributed by atoms with Crippen molar-refractivity contribution in [3.05, 3.63) is 41.4 Å². The van der Waals surface area contributed by atoms with E-state index in [1.807, 2.05) is 36.4 Å². The zero-order valence-corrected chi connectivity index (χ0v) is 12.9. The van der Waals surface area contributed by atoms with Crippen LogP contribution in [0.4, 0.5) is 0 Å². The van der Waals surface area contributed by atoms with Crippen LogP contribution in [0.2, 0.25) is 5.02 Å². The topological polar surface area (TPSA) is 9.23 Å². The Hall–Kier alpha value is -0.730. The van der Waals surface area contributed by atoms with Crippen LogP contribution in [0, 0.1) is 5.41 Å². The summed E-state index contributed by atoms with van der Waals surface area (Å²) in [5, 5.41) is 3.77. The third kappa shape index (κ3) is 2.99. The molecule has 0 spiro atoms. The second kappa shape index (κ2) is 5.50. The molecule has 2 aromatic carbocycles. The number of halogens is 2. The lowest BCUT2D eigenvalue weighted by Crippen LogP contribution is -2.22. The molecule has 18 heavy (non-hydrogen) atoms. The van der Waals surface area contributed by atoms with E-state index < -0.39 is 0 Å². The maximum absolute atomic E-state index is 6.18. The van der Waals surface area contributed by atoms with Gasteiger partial charge in [-0.1, -0.05) is 65.6 Å². The summed E-state index contributed by atoms with van der Waals surface area (Å²) in [6, 6.07) is 11.9. The van der Waals surface area contributed by atoms with E-state index in [0.29, 0.717) is 6.61 Å². The fourth-order valence-corrected chi connectivity index (χ4v) is 2.06. The number of ether oxygens (including phenoxy) is 1. The van der Waals surface area contributed by atoms with Gasteiger partial charge in [0.2, 0.25) is 0 Å². The number of alkyl halides is 1. The van der Waals surface area contributed by atoms with E-state index in [-0.39, 0.29) is 5.41 Å². The predicted octanol–water partition coefficient (Wildman–Crippen LogP) is 5.29. The largest absolute Gasteiger partial charge is 0.492 e. The average molecular weight is 328 g/mol. The number of benzene rings is 2. The van der Waals surface area contributed by atoms with Crippen LogP contribution < -0.4 is 4.74 Å². The molecular formula is C15H16BrClO. The number of hydrogen-bond acceptors (Lipinski definition) is 1. The minimum absolute atomic E-state index is 0.112. The van der Waals surface area contributed by atoms with Crippen molar-refractivity contribution in [1.82, 2.24) is 0 Å². The molecule has 0 aliphatic rings. The Morgan fingerprint density at radius 1 is 1.11 bits per heavy atom. The molecule has 0 aromatic heterocycles. The molecule has 0 heterocycles. The van der Waals surface area contributed by atoms with Crippen molar-refractivity contribution in [2.24, 2.45) is 5.41 Å². The van der Waals surface area contributed by atoms with Gasteiger partial charge in [0.05, 0.1) is 6.61 Å². The molecule has 0 amide bonds. The van der Waals surface area contributed by atoms with Crippen LogP contribution >= 0.6 is 27.5 Å². The van der Waals surface area contributed by atoms with Gasteiger partial charge in [-0.3, -0.25) is 0 Å². The minimum atomic E-state index is 0.112. The highest BCUT2D eigenvalue weighted by Crippen LogP contribution is 2.32. The summed E-state index contributed by atoms with van der Waals surface area (Å²) in [6.45, 7) is 5.00. The van der Waals surface area contributed by atoms with Crippen LogP contribution in [0.15, 0.2) is 36.4 Å². The molecule has 96 valence electrons. The standard InChI is InChI=1S/C15H16BrClO/c1-15(2,9-16)10-18-14-8-7-13(17)11-5-3-4-6-12(11)14/h3-8H,9-10H2,1-2H3. The second-order valence-electron chi connectivity index (χ2n) is 5.18. The smallest absolute Gasteiger partial charge is 0.127 e. The molecular weight excluding hydrogens is 312 g/mol. The first-order chi connectivity index (χ1) is 8.53. The van der Waals surface area contributed by atoms with Crippen LogP contribution in [-0.2, 0) is 0 Å². The second-order valence-corrected chi connectivity index (χ2v) is 6.15. The molecule has 0 N–H and O–H groups in total. The summed E-state index contributed by atoms with van der Waals surface area (Å²) in [7, 11) is 0. The Kier molecular flexibility index (Phi) is 4.18. The van der Waals surface area contributed by atoms with Gasteiger partial charge < -0.3 is 4.74 Å². The number of hydrogen-bond donors (Lipinski definition) is 0. The highest BCUT2D eigenvalue weighted by atomic mass is 79.9. The van der Waals surface area contributed by atoms with Crippen molar-refractivity contribution in [3.63, 3.8) is 0 Å². The van der Waals surface area contributed by atoms with Crippen LogP contribution in [-0.4, -0.2) is 11.9 Å². The maximum Gasteiger partial charge on any atom is 0.127 e. The van der Waals surface area contributed by atoms with E-state index in [0.717, 1.165) is 26.9 Å². The van der Waals surface area contributed by atoms with E-state index >= 15 is 0 Å². The highest BCUT2D eigenvalue weighted by Gasteiger charge is 2.17. The first-order valence-corrected chi connectivity index (χ1v) is 7.39. The van der Waals surface area contributed by atoms with Crippen molar-refractivity contribution in [3.8, 4) is 5.75 Å². The summed E-state index contributed by atoms with van der Waals surface area (Å²) in [4.78, 5) is 0. The average Bonchev–Trinajstić information content (AvgIpc) is 2.38. The van der Waals surface area contributed by atoms with Gasteiger partial charge in [-0.15, -0.1) is 0 Å². The zero-order valence-electron chi connectivity index (χ0n) is 10.5. The van der Waals surface area contributed by atoms with Gasteiger partial charge in [-0.25, -0.2) is 0 Å². The first kappa shape index (κ1) is 13.7. The number of rotatable bonds is 4. The Morgan fingerprint density at radius 3 is 2.44 bits per heavy atom. The van der Waals surface area contributed by atoms with E-state index in [9.17, 15) is 0 Å². The molecule has 0 saturated carbocycles. The summed E-state index contributed by atoms with van der Waals surface area (Å²) in [5.41, 5.74) is 0.112. The van der Waals surface area contributed by atoms with Gasteiger partial charge in [0.25, 0.3) is 0 Å². The molecule has 1 nitrogen and oxygen atoms in total. The van der Waals surface area contributed by atoms with Crippen LogP contribution in [0.25, 0.3) is 10.8 Å². The summed E-state index contributed by atoms with van der Waals surface area (Å²) < 4.78 is 5.94. The molecule has 0 radical (unpaired) electrons. The van der Waals surface area contributed by atoms with Gasteiger partial charge in [0.1, 0.15) is 5.75 Å². The molecule has 2 aromatic rings. The Balaban J connectivity index is 2.32. The maximum atomic E-state index is 6.18. The van der Waals surface area contributed by atoms with Crippen LogP contribution in [0.1, 0.15) is 13.8 Å². The molecule has 2 rings (SSSR count). The van der Waals surface area contributed by atoms with Crippen molar-refractivity contribution < 1.29 is 4.74 Å². The highest BCUT2D eigenvalue weighted by molar-refractivity contribution is 9.09. The lowest BCUT2D eigenvalue weighted by atomic mass is 9.98. The molecule has 0 saturated heterocycles. The SMILES string of the molecule is CC(C)(CBr)COc1ccc(Cl)c2ccccc12. The zero-order chi connectivity index (χ0) is 13.2. The van der Waals surface area contributed by atoms with E-state index in [1.54, 1.807) is 0 Å².